The minimum absolute atomic E-state index is 0.731. The number of aryl methyl sites for hydroxylation is 1. The van der Waals surface area contributed by atoms with Crippen LogP contribution in [0.1, 0.15) is 43.9 Å². The molecule has 0 amide bonds. The molecule has 0 saturated carbocycles. The lowest BCUT2D eigenvalue weighted by atomic mass is 10.1. The lowest BCUT2D eigenvalue weighted by Gasteiger charge is -1.96. The topological polar surface area (TPSA) is 39.6 Å². The van der Waals surface area contributed by atoms with Crippen molar-refractivity contribution in [1.29, 1.82) is 5.26 Å². The molecule has 2 aromatic rings. The molecule has 0 unspecified atom stereocenters. The predicted molar refractivity (Wildman–Crippen MR) is 70.9 cm³/mol. The Morgan fingerprint density at radius 1 is 1.18 bits per heavy atom. The van der Waals surface area contributed by atoms with Gasteiger partial charge in [-0.15, -0.1) is 0 Å². The monoisotopic (exact) mass is 226 g/mol. The molecule has 0 spiro atoms. The van der Waals surface area contributed by atoms with Crippen LogP contribution in [0.5, 0.6) is 0 Å². The molecule has 0 fully saturated rings. The van der Waals surface area contributed by atoms with Crippen LogP contribution in [-0.4, -0.2) is 4.98 Å². The summed E-state index contributed by atoms with van der Waals surface area (Å²) in [4.78, 5) is 3.41. The third kappa shape index (κ3) is 2.88. The van der Waals surface area contributed by atoms with Crippen LogP contribution in [0.25, 0.3) is 10.9 Å². The van der Waals surface area contributed by atoms with E-state index in [-0.39, 0.29) is 0 Å². The second-order valence-electron chi connectivity index (χ2n) is 4.52. The Labute approximate surface area is 102 Å². The van der Waals surface area contributed by atoms with Gasteiger partial charge in [-0.1, -0.05) is 26.2 Å². The summed E-state index contributed by atoms with van der Waals surface area (Å²) in [5, 5.41) is 9.99. The molecule has 2 heteroatoms. The van der Waals surface area contributed by atoms with Gasteiger partial charge in [-0.3, -0.25) is 0 Å². The normalized spacial score (nSPS) is 10.6. The van der Waals surface area contributed by atoms with Crippen molar-refractivity contribution in [2.45, 2.75) is 39.0 Å². The molecule has 17 heavy (non-hydrogen) atoms. The zero-order valence-electron chi connectivity index (χ0n) is 10.3. The van der Waals surface area contributed by atoms with Gasteiger partial charge < -0.3 is 4.98 Å². The maximum absolute atomic E-state index is 8.84. The molecule has 0 aliphatic heterocycles. The third-order valence-corrected chi connectivity index (χ3v) is 3.11. The molecule has 1 N–H and O–H groups in total. The number of nitrogens with one attached hydrogen (secondary N) is 1. The van der Waals surface area contributed by atoms with Crippen molar-refractivity contribution in [1.82, 2.24) is 4.98 Å². The Kier molecular flexibility index (Phi) is 3.82. The van der Waals surface area contributed by atoms with Crippen LogP contribution < -0.4 is 0 Å². The minimum Gasteiger partial charge on any atom is -0.358 e. The fourth-order valence-corrected chi connectivity index (χ4v) is 2.14. The lowest BCUT2D eigenvalue weighted by Crippen LogP contribution is -1.84. The van der Waals surface area contributed by atoms with E-state index in [9.17, 15) is 0 Å². The molecule has 2 rings (SSSR count). The first-order valence-electron chi connectivity index (χ1n) is 6.35. The summed E-state index contributed by atoms with van der Waals surface area (Å²) in [5.41, 5.74) is 3.15. The minimum atomic E-state index is 0.731. The van der Waals surface area contributed by atoms with E-state index in [1.165, 1.54) is 31.4 Å². The number of benzene rings is 1. The van der Waals surface area contributed by atoms with Crippen molar-refractivity contribution in [2.24, 2.45) is 0 Å². The van der Waals surface area contributed by atoms with Crippen molar-refractivity contribution in [3.05, 3.63) is 35.5 Å². The standard InChI is InChI=1S/C15H18N2/c1-2-3-4-5-6-14-10-13-9-12(11-16)7-8-15(13)17-14/h7-10,17H,2-6H2,1H3. The number of aromatic nitrogens is 1. The Bertz CT molecular complexity index is 531. The first-order chi connectivity index (χ1) is 8.33. The highest BCUT2D eigenvalue weighted by atomic mass is 14.7. The average molecular weight is 226 g/mol. The van der Waals surface area contributed by atoms with Gasteiger partial charge in [0.15, 0.2) is 0 Å². The Hall–Kier alpha value is -1.75. The Morgan fingerprint density at radius 2 is 2.06 bits per heavy atom. The zero-order valence-corrected chi connectivity index (χ0v) is 10.3. The van der Waals surface area contributed by atoms with Crippen molar-refractivity contribution in [2.75, 3.05) is 0 Å². The van der Waals surface area contributed by atoms with E-state index in [1.807, 2.05) is 18.2 Å². The van der Waals surface area contributed by atoms with Gasteiger partial charge >= 0.3 is 0 Å². The molecular weight excluding hydrogens is 208 g/mol. The van der Waals surface area contributed by atoms with Crippen molar-refractivity contribution in [3.63, 3.8) is 0 Å². The van der Waals surface area contributed by atoms with Crippen LogP contribution >= 0.6 is 0 Å². The fraction of sp³-hybridized carbons (Fsp3) is 0.400. The van der Waals surface area contributed by atoms with Gasteiger partial charge in [-0.05, 0) is 37.1 Å². The van der Waals surface area contributed by atoms with E-state index < -0.39 is 0 Å². The maximum atomic E-state index is 8.84. The molecular formula is C15H18N2. The van der Waals surface area contributed by atoms with E-state index >= 15 is 0 Å². The average Bonchev–Trinajstić information content (AvgIpc) is 2.76. The highest BCUT2D eigenvalue weighted by molar-refractivity contribution is 5.81. The first kappa shape index (κ1) is 11.7. The number of nitriles is 1. The number of nitrogens with zero attached hydrogens (tertiary/aromatic N) is 1. The number of fused-ring (bicyclic) bond motifs is 1. The molecule has 2 nitrogen and oxygen atoms in total. The number of H-pyrrole nitrogens is 1. The van der Waals surface area contributed by atoms with Crippen LogP contribution in [0.2, 0.25) is 0 Å². The molecule has 0 radical (unpaired) electrons. The highest BCUT2D eigenvalue weighted by Gasteiger charge is 2.01. The summed E-state index contributed by atoms with van der Waals surface area (Å²) in [6.07, 6.45) is 6.24. The summed E-state index contributed by atoms with van der Waals surface area (Å²) in [5.74, 6) is 0. The summed E-state index contributed by atoms with van der Waals surface area (Å²) in [6, 6.07) is 10.1. The van der Waals surface area contributed by atoms with Gasteiger partial charge in [-0.25, -0.2) is 0 Å². The maximum Gasteiger partial charge on any atom is 0.0991 e. The van der Waals surface area contributed by atoms with E-state index in [0.717, 1.165) is 22.9 Å². The molecule has 0 aliphatic rings. The fourth-order valence-electron chi connectivity index (χ4n) is 2.14. The quantitative estimate of drug-likeness (QED) is 0.764. The summed E-state index contributed by atoms with van der Waals surface area (Å²) >= 11 is 0. The van der Waals surface area contributed by atoms with Gasteiger partial charge in [0.1, 0.15) is 0 Å². The largest absolute Gasteiger partial charge is 0.358 e. The van der Waals surface area contributed by atoms with Crippen LogP contribution in [0.4, 0.5) is 0 Å². The molecule has 1 aromatic carbocycles. The van der Waals surface area contributed by atoms with Gasteiger partial charge in [-0.2, -0.15) is 5.26 Å². The first-order valence-corrected chi connectivity index (χ1v) is 6.35. The van der Waals surface area contributed by atoms with Crippen LogP contribution in [0.15, 0.2) is 24.3 Å². The summed E-state index contributed by atoms with van der Waals surface area (Å²) < 4.78 is 0. The van der Waals surface area contributed by atoms with Gasteiger partial charge in [0.05, 0.1) is 11.6 Å². The van der Waals surface area contributed by atoms with Crippen molar-refractivity contribution < 1.29 is 0 Å². The smallest absolute Gasteiger partial charge is 0.0991 e. The Morgan fingerprint density at radius 3 is 2.82 bits per heavy atom. The van der Waals surface area contributed by atoms with Crippen molar-refractivity contribution >= 4 is 10.9 Å². The number of aromatic amines is 1. The Balaban J connectivity index is 2.07. The molecule has 0 saturated heterocycles. The van der Waals surface area contributed by atoms with Gasteiger partial charge in [0.2, 0.25) is 0 Å². The van der Waals surface area contributed by atoms with Crippen LogP contribution in [0, 0.1) is 11.3 Å². The second-order valence-corrected chi connectivity index (χ2v) is 4.52. The van der Waals surface area contributed by atoms with Crippen molar-refractivity contribution in [3.8, 4) is 6.07 Å². The number of unbranched alkanes of at least 4 members (excludes halogenated alkanes) is 3. The number of hydrogen-bond donors (Lipinski definition) is 1. The summed E-state index contributed by atoms with van der Waals surface area (Å²) in [6.45, 7) is 2.23. The number of rotatable bonds is 5. The highest BCUT2D eigenvalue weighted by Crippen LogP contribution is 2.18. The van der Waals surface area contributed by atoms with E-state index in [1.54, 1.807) is 0 Å². The van der Waals surface area contributed by atoms with Gasteiger partial charge in [0, 0.05) is 16.6 Å². The molecule has 0 bridgehead atoms. The van der Waals surface area contributed by atoms with Crippen LogP contribution in [-0.2, 0) is 6.42 Å². The lowest BCUT2D eigenvalue weighted by molar-refractivity contribution is 0.662. The van der Waals surface area contributed by atoms with E-state index in [0.29, 0.717) is 0 Å². The molecule has 88 valence electrons. The molecule has 1 heterocycles. The van der Waals surface area contributed by atoms with E-state index in [2.05, 4.69) is 24.0 Å². The molecule has 1 aromatic heterocycles. The van der Waals surface area contributed by atoms with Gasteiger partial charge in [0.25, 0.3) is 0 Å². The SMILES string of the molecule is CCCCCCc1cc2cc(C#N)ccc2[nH]1. The third-order valence-electron chi connectivity index (χ3n) is 3.11. The number of hydrogen-bond acceptors (Lipinski definition) is 1. The zero-order chi connectivity index (χ0) is 12.1. The van der Waals surface area contributed by atoms with E-state index in [4.69, 9.17) is 5.26 Å². The second kappa shape index (κ2) is 5.54. The predicted octanol–water partition coefficient (Wildman–Crippen LogP) is 4.16. The molecule has 0 atom stereocenters. The summed E-state index contributed by atoms with van der Waals surface area (Å²) in [7, 11) is 0. The molecule has 0 aliphatic carbocycles. The van der Waals surface area contributed by atoms with Crippen LogP contribution in [0.3, 0.4) is 0 Å².